The van der Waals surface area contributed by atoms with Gasteiger partial charge in [-0.05, 0) is 73.5 Å². The molecule has 5 heterocycles. The van der Waals surface area contributed by atoms with Gasteiger partial charge in [0.25, 0.3) is 0 Å². The number of nitrogens with one attached hydrogen (secondary N) is 1. The molecule has 9 heteroatoms. The summed E-state index contributed by atoms with van der Waals surface area (Å²) in [5.41, 5.74) is 9.25. The van der Waals surface area contributed by atoms with Crippen LogP contribution in [-0.4, -0.2) is 64.0 Å². The molecule has 1 saturated heterocycles. The Morgan fingerprint density at radius 3 is 2.76 bits per heavy atom. The molecule has 1 N–H and O–H groups in total. The second kappa shape index (κ2) is 8.38. The van der Waals surface area contributed by atoms with E-state index in [0.717, 1.165) is 31.5 Å². The molecule has 4 aromatic heterocycles. The number of aryl methyl sites for hydroxylation is 2. The highest BCUT2D eigenvalue weighted by Crippen LogP contribution is 2.53. The number of hydrogen-bond acceptors (Lipinski definition) is 6. The van der Waals surface area contributed by atoms with Crippen molar-refractivity contribution in [1.29, 1.82) is 0 Å². The van der Waals surface area contributed by atoms with E-state index in [1.807, 2.05) is 15.9 Å². The fourth-order valence-corrected chi connectivity index (χ4v) is 9.58. The van der Waals surface area contributed by atoms with E-state index >= 15 is 0 Å². The molecule has 4 aromatic rings. The molecule has 2 aliphatic carbocycles. The van der Waals surface area contributed by atoms with Gasteiger partial charge in [0, 0.05) is 53.0 Å². The number of piperidine rings is 1. The summed E-state index contributed by atoms with van der Waals surface area (Å²) >= 11 is 1.96. The summed E-state index contributed by atoms with van der Waals surface area (Å²) in [5.74, 6) is 1.89. The van der Waals surface area contributed by atoms with E-state index in [1.165, 1.54) is 62.8 Å². The van der Waals surface area contributed by atoms with Gasteiger partial charge in [0.15, 0.2) is 5.65 Å². The van der Waals surface area contributed by atoms with Gasteiger partial charge in [-0.3, -0.25) is 4.90 Å². The average Bonchev–Trinajstić information content (AvgIpc) is 3.66. The third-order valence-corrected chi connectivity index (χ3v) is 11.4. The predicted molar refractivity (Wildman–Crippen MR) is 150 cm³/mol. The Labute approximate surface area is 222 Å². The van der Waals surface area contributed by atoms with E-state index in [4.69, 9.17) is 0 Å². The van der Waals surface area contributed by atoms with Crippen molar-refractivity contribution in [1.82, 2.24) is 24.5 Å². The molecule has 2 fully saturated rings. The Morgan fingerprint density at radius 1 is 1.22 bits per heavy atom. The zero-order valence-electron chi connectivity index (χ0n) is 22.0. The third-order valence-electron chi connectivity index (χ3n) is 9.19. The van der Waals surface area contributed by atoms with Gasteiger partial charge in [-0.1, -0.05) is 13.8 Å². The van der Waals surface area contributed by atoms with E-state index in [2.05, 4.69) is 46.9 Å². The van der Waals surface area contributed by atoms with Crippen LogP contribution < -0.4 is 0 Å². The lowest BCUT2D eigenvalue weighted by molar-refractivity contribution is 0.211. The smallest absolute Gasteiger partial charge is 0.158 e. The Bertz CT molecular complexity index is 1640. The highest BCUT2D eigenvalue weighted by Gasteiger charge is 2.46. The first-order valence-electron chi connectivity index (χ1n) is 13.6. The van der Waals surface area contributed by atoms with Crippen LogP contribution in [-0.2, 0) is 22.7 Å². The molecule has 7 rings (SSSR count). The number of rotatable bonds is 6. The van der Waals surface area contributed by atoms with Crippen LogP contribution in [0.1, 0.15) is 72.1 Å². The van der Waals surface area contributed by atoms with Gasteiger partial charge in [-0.25, -0.2) is 17.9 Å². The molecule has 196 valence electrons. The molecule has 0 unspecified atom stereocenters. The number of hydrogen-bond donors (Lipinski definition) is 1. The number of sulfone groups is 1. The molecule has 37 heavy (non-hydrogen) atoms. The van der Waals surface area contributed by atoms with Crippen molar-refractivity contribution in [3.63, 3.8) is 0 Å². The standard InChI is InChI=1S/C28H35N5O2S2/c1-15(2)23-24-16(3)26(21-11-18-10-17(21)12-32(18)8-9-37(4,34)35)36-28(24)31-25(23)22-13-33-27(29-14-30-33)20-7-5-6-19(20)22/h13-15,17-18,21,31H,5-12H2,1-4H3/t17-,18-,21+/m0/s1. The average molecular weight is 538 g/mol. The molecular formula is C28H35N5O2S2. The van der Waals surface area contributed by atoms with Crippen LogP contribution in [0.5, 0.6) is 0 Å². The zero-order valence-corrected chi connectivity index (χ0v) is 23.7. The molecule has 1 aliphatic heterocycles. The van der Waals surface area contributed by atoms with Gasteiger partial charge in [0.1, 0.15) is 21.0 Å². The molecule has 0 spiro atoms. The normalized spacial score (nSPS) is 23.9. The Hall–Kier alpha value is -2.23. The minimum atomic E-state index is -2.92. The van der Waals surface area contributed by atoms with Crippen molar-refractivity contribution in [2.24, 2.45) is 5.92 Å². The molecule has 2 bridgehead atoms. The number of aromatic amines is 1. The molecular weight excluding hydrogens is 502 g/mol. The summed E-state index contributed by atoms with van der Waals surface area (Å²) in [6.45, 7) is 8.67. The fraction of sp³-hybridized carbons (Fsp3) is 0.571. The second-order valence-corrected chi connectivity index (χ2v) is 15.2. The van der Waals surface area contributed by atoms with Crippen molar-refractivity contribution in [2.75, 3.05) is 25.1 Å². The summed E-state index contributed by atoms with van der Waals surface area (Å²) < 4.78 is 25.3. The lowest BCUT2D eigenvalue weighted by Crippen LogP contribution is -2.37. The third kappa shape index (κ3) is 3.72. The minimum Gasteiger partial charge on any atom is -0.346 e. The van der Waals surface area contributed by atoms with Crippen LogP contribution >= 0.6 is 11.3 Å². The maximum atomic E-state index is 11.7. The first-order chi connectivity index (χ1) is 17.7. The zero-order chi connectivity index (χ0) is 25.6. The number of likely N-dealkylation sites (tertiary alicyclic amines) is 1. The second-order valence-electron chi connectivity index (χ2n) is 11.9. The van der Waals surface area contributed by atoms with Gasteiger partial charge < -0.3 is 4.98 Å². The summed E-state index contributed by atoms with van der Waals surface area (Å²) in [6.07, 6.45) is 10.9. The van der Waals surface area contributed by atoms with E-state index in [0.29, 0.717) is 30.3 Å². The maximum absolute atomic E-state index is 11.7. The van der Waals surface area contributed by atoms with Crippen LogP contribution in [0.4, 0.5) is 0 Å². The lowest BCUT2D eigenvalue weighted by atomic mass is 9.88. The monoisotopic (exact) mass is 537 g/mol. The number of H-pyrrole nitrogens is 1. The number of nitrogens with zero attached hydrogens (tertiary/aromatic N) is 4. The van der Waals surface area contributed by atoms with Gasteiger partial charge in [0.05, 0.1) is 11.4 Å². The predicted octanol–water partition coefficient (Wildman–Crippen LogP) is 5.08. The number of aromatic nitrogens is 4. The van der Waals surface area contributed by atoms with Crippen molar-refractivity contribution in [3.8, 4) is 11.3 Å². The molecule has 3 atom stereocenters. The van der Waals surface area contributed by atoms with Crippen LogP contribution in [0.15, 0.2) is 12.5 Å². The van der Waals surface area contributed by atoms with Crippen molar-refractivity contribution < 1.29 is 8.42 Å². The van der Waals surface area contributed by atoms with Crippen molar-refractivity contribution in [2.45, 2.75) is 70.8 Å². The number of fused-ring (bicyclic) bond motifs is 6. The summed E-state index contributed by atoms with van der Waals surface area (Å²) in [4.78, 5) is 13.7. The lowest BCUT2D eigenvalue weighted by Gasteiger charge is -2.31. The van der Waals surface area contributed by atoms with Gasteiger partial charge in [-0.2, -0.15) is 5.10 Å². The summed E-state index contributed by atoms with van der Waals surface area (Å²) in [5, 5.41) is 5.92. The fourth-order valence-electron chi connectivity index (χ4n) is 7.58. The molecule has 3 aliphatic rings. The number of thiophene rings is 1. The van der Waals surface area contributed by atoms with E-state index < -0.39 is 9.84 Å². The highest BCUT2D eigenvalue weighted by atomic mass is 32.2. The molecule has 0 aromatic carbocycles. The SMILES string of the molecule is Cc1c([C@@H]2C[C@@H]3C[C@H]2CN3CCS(C)(=O)=O)sc2[nH]c(-c3cn4ncnc4c4c3CCC4)c(C(C)C)c12. The van der Waals surface area contributed by atoms with Crippen LogP contribution in [0, 0.1) is 12.8 Å². The largest absolute Gasteiger partial charge is 0.346 e. The highest BCUT2D eigenvalue weighted by molar-refractivity contribution is 7.90. The quantitative estimate of drug-likeness (QED) is 0.371. The first kappa shape index (κ1) is 23.9. The topological polar surface area (TPSA) is 83.4 Å². The Balaban J connectivity index is 1.26. The van der Waals surface area contributed by atoms with Crippen LogP contribution in [0.3, 0.4) is 0 Å². The van der Waals surface area contributed by atoms with E-state index in [-0.39, 0.29) is 5.75 Å². The molecule has 7 nitrogen and oxygen atoms in total. The van der Waals surface area contributed by atoms with Crippen molar-refractivity contribution >= 4 is 37.0 Å². The van der Waals surface area contributed by atoms with E-state index in [9.17, 15) is 8.42 Å². The van der Waals surface area contributed by atoms with Crippen LogP contribution in [0.25, 0.3) is 27.1 Å². The number of pyridine rings is 1. The summed E-state index contributed by atoms with van der Waals surface area (Å²) in [6, 6.07) is 0.522. The molecule has 1 saturated carbocycles. The molecule has 0 radical (unpaired) electrons. The van der Waals surface area contributed by atoms with Gasteiger partial charge in [0.2, 0.25) is 0 Å². The van der Waals surface area contributed by atoms with Crippen molar-refractivity contribution in [3.05, 3.63) is 39.7 Å². The van der Waals surface area contributed by atoms with Gasteiger partial charge >= 0.3 is 0 Å². The summed E-state index contributed by atoms with van der Waals surface area (Å²) in [7, 11) is -2.92. The van der Waals surface area contributed by atoms with E-state index in [1.54, 1.807) is 11.2 Å². The first-order valence-corrected chi connectivity index (χ1v) is 16.5. The Morgan fingerprint density at radius 2 is 2.03 bits per heavy atom. The maximum Gasteiger partial charge on any atom is 0.158 e. The Kier molecular flexibility index (Phi) is 5.41. The van der Waals surface area contributed by atoms with Gasteiger partial charge in [-0.15, -0.1) is 11.3 Å². The van der Waals surface area contributed by atoms with Crippen LogP contribution in [0.2, 0.25) is 0 Å². The minimum absolute atomic E-state index is 0.270. The molecule has 0 amide bonds.